The van der Waals surface area contributed by atoms with E-state index in [-0.39, 0.29) is 0 Å². The maximum Gasteiger partial charge on any atom is 0.0320 e. The molecule has 2 heterocycles. The number of rotatable bonds is 0. The molecule has 0 amide bonds. The Morgan fingerprint density at radius 2 is 1.17 bits per heavy atom. The summed E-state index contributed by atoms with van der Waals surface area (Å²) in [5.74, 6) is 4.10. The number of hydrogen-bond acceptors (Lipinski definition) is 3. The summed E-state index contributed by atoms with van der Waals surface area (Å²) in [6.07, 6.45) is 0. The van der Waals surface area contributed by atoms with Crippen LogP contribution in [0.4, 0.5) is 5.69 Å². The fraction of sp³-hybridized carbons (Fsp3) is 0.200. The van der Waals surface area contributed by atoms with E-state index in [4.69, 9.17) is 5.73 Å². The van der Waals surface area contributed by atoms with E-state index in [9.17, 15) is 0 Å². The molecular formula is C20H19NS2. The predicted molar refractivity (Wildman–Crippen MR) is 105 cm³/mol. The minimum absolute atomic E-state index is 0.887. The van der Waals surface area contributed by atoms with E-state index in [1.807, 2.05) is 23.5 Å². The van der Waals surface area contributed by atoms with E-state index in [0.717, 1.165) is 28.7 Å². The van der Waals surface area contributed by atoms with Gasteiger partial charge in [0.15, 0.2) is 0 Å². The fourth-order valence-corrected chi connectivity index (χ4v) is 5.14. The summed E-state index contributed by atoms with van der Waals surface area (Å²) in [7, 11) is 0. The average Bonchev–Trinajstić information content (AvgIpc) is 2.57. The van der Waals surface area contributed by atoms with Gasteiger partial charge in [-0.2, -0.15) is 23.5 Å². The lowest BCUT2D eigenvalue weighted by molar-refractivity contribution is 1.32. The van der Waals surface area contributed by atoms with Gasteiger partial charge in [-0.15, -0.1) is 0 Å². The van der Waals surface area contributed by atoms with Gasteiger partial charge in [0.2, 0.25) is 0 Å². The molecule has 0 unspecified atom stereocenters. The second kappa shape index (κ2) is 6.50. The summed E-state index contributed by atoms with van der Waals surface area (Å²) < 4.78 is 0. The number of anilines is 1. The van der Waals surface area contributed by atoms with Gasteiger partial charge in [0.1, 0.15) is 0 Å². The van der Waals surface area contributed by atoms with Crippen molar-refractivity contribution in [3.8, 4) is 0 Å². The molecule has 3 heteroatoms. The van der Waals surface area contributed by atoms with E-state index in [0.29, 0.717) is 0 Å². The highest BCUT2D eigenvalue weighted by Crippen LogP contribution is 2.31. The minimum Gasteiger partial charge on any atom is -0.399 e. The van der Waals surface area contributed by atoms with E-state index in [1.54, 1.807) is 0 Å². The van der Waals surface area contributed by atoms with Crippen LogP contribution in [-0.2, 0) is 23.0 Å². The van der Waals surface area contributed by atoms with Crippen LogP contribution in [0.3, 0.4) is 0 Å². The molecule has 0 fully saturated rings. The molecule has 3 aromatic carbocycles. The number of thioether (sulfide) groups is 2. The third-order valence-corrected chi connectivity index (χ3v) is 6.34. The molecule has 2 aliphatic rings. The number of fused-ring (bicyclic) bond motifs is 5. The van der Waals surface area contributed by atoms with Crippen LogP contribution in [0.5, 0.6) is 0 Å². The monoisotopic (exact) mass is 337 g/mol. The molecule has 4 bridgehead atoms. The normalized spacial score (nSPS) is 15.0. The van der Waals surface area contributed by atoms with Gasteiger partial charge in [-0.25, -0.2) is 0 Å². The third kappa shape index (κ3) is 3.22. The van der Waals surface area contributed by atoms with Gasteiger partial charge in [-0.1, -0.05) is 42.5 Å². The Balaban J connectivity index is 1.76. The highest BCUT2D eigenvalue weighted by atomic mass is 32.2. The fourth-order valence-electron chi connectivity index (χ4n) is 3.19. The van der Waals surface area contributed by atoms with Gasteiger partial charge >= 0.3 is 0 Å². The van der Waals surface area contributed by atoms with Crippen molar-refractivity contribution in [3.05, 3.63) is 76.9 Å². The molecule has 0 atom stereocenters. The van der Waals surface area contributed by atoms with Crippen molar-refractivity contribution < 1.29 is 0 Å². The lowest BCUT2D eigenvalue weighted by Crippen LogP contribution is -1.92. The zero-order valence-electron chi connectivity index (χ0n) is 12.9. The molecule has 0 aliphatic carbocycles. The van der Waals surface area contributed by atoms with Crippen LogP contribution in [0.1, 0.15) is 22.3 Å². The topological polar surface area (TPSA) is 26.0 Å². The Hall–Kier alpha value is -1.58. The van der Waals surface area contributed by atoms with Crippen molar-refractivity contribution in [2.45, 2.75) is 23.0 Å². The van der Waals surface area contributed by atoms with Crippen LogP contribution in [0.15, 0.2) is 54.6 Å². The first kappa shape index (κ1) is 15.0. The lowest BCUT2D eigenvalue weighted by Gasteiger charge is -2.10. The average molecular weight is 338 g/mol. The molecular weight excluding hydrogens is 318 g/mol. The van der Waals surface area contributed by atoms with Crippen LogP contribution < -0.4 is 5.73 Å². The van der Waals surface area contributed by atoms with Crippen molar-refractivity contribution in [2.24, 2.45) is 0 Å². The molecule has 2 N–H and O–H groups in total. The van der Waals surface area contributed by atoms with E-state index in [2.05, 4.69) is 54.6 Å². The molecule has 5 rings (SSSR count). The quantitative estimate of drug-likeness (QED) is 0.541. The number of nitrogen functional groups attached to an aromatic ring is 1. The van der Waals surface area contributed by atoms with Gasteiger partial charge in [-0.3, -0.25) is 0 Å². The molecule has 0 radical (unpaired) electrons. The minimum atomic E-state index is 0.887. The van der Waals surface area contributed by atoms with Crippen LogP contribution >= 0.6 is 23.5 Å². The number of benzene rings is 3. The predicted octanol–water partition coefficient (Wildman–Crippen LogP) is 5.60. The zero-order chi connectivity index (χ0) is 15.6. The summed E-state index contributed by atoms with van der Waals surface area (Å²) >= 11 is 3.93. The van der Waals surface area contributed by atoms with E-state index >= 15 is 0 Å². The highest BCUT2D eigenvalue weighted by Gasteiger charge is 2.09. The molecule has 0 spiro atoms. The van der Waals surface area contributed by atoms with Crippen molar-refractivity contribution in [3.63, 3.8) is 0 Å². The Kier molecular flexibility index (Phi) is 4.23. The molecule has 3 aromatic rings. The van der Waals surface area contributed by atoms with Crippen molar-refractivity contribution >= 4 is 40.0 Å². The summed E-state index contributed by atoms with van der Waals surface area (Å²) in [6, 6.07) is 20.0. The van der Waals surface area contributed by atoms with Crippen molar-refractivity contribution in [1.82, 2.24) is 0 Å². The third-order valence-electron chi connectivity index (χ3n) is 4.23. The summed E-state index contributed by atoms with van der Waals surface area (Å²) in [4.78, 5) is 0. The second-order valence-electron chi connectivity index (χ2n) is 6.00. The van der Waals surface area contributed by atoms with Crippen LogP contribution in [0, 0.1) is 0 Å². The van der Waals surface area contributed by atoms with E-state index < -0.39 is 0 Å². The number of nitrogens with two attached hydrogens (primary N) is 1. The first-order valence-corrected chi connectivity index (χ1v) is 10.1. The summed E-state index contributed by atoms with van der Waals surface area (Å²) in [5, 5.41) is 2.81. The summed E-state index contributed by atoms with van der Waals surface area (Å²) in [6.45, 7) is 0. The molecule has 2 aliphatic heterocycles. The molecule has 0 aromatic heterocycles. The molecule has 0 saturated heterocycles. The molecule has 1 nitrogen and oxygen atoms in total. The molecule has 116 valence electrons. The molecule has 0 saturated carbocycles. The van der Waals surface area contributed by atoms with Gasteiger partial charge in [0.05, 0.1) is 0 Å². The first-order valence-electron chi connectivity index (χ1n) is 7.83. The maximum atomic E-state index is 6.07. The largest absolute Gasteiger partial charge is 0.399 e. The van der Waals surface area contributed by atoms with Crippen LogP contribution in [-0.4, -0.2) is 0 Å². The first-order chi connectivity index (χ1) is 11.3. The Morgan fingerprint density at radius 1 is 0.652 bits per heavy atom. The van der Waals surface area contributed by atoms with Gasteiger partial charge in [-0.05, 0) is 45.2 Å². The smallest absolute Gasteiger partial charge is 0.0320 e. The zero-order valence-corrected chi connectivity index (χ0v) is 14.6. The van der Waals surface area contributed by atoms with Crippen LogP contribution in [0.2, 0.25) is 0 Å². The second-order valence-corrected chi connectivity index (χ2v) is 7.97. The van der Waals surface area contributed by atoms with Gasteiger partial charge in [0.25, 0.3) is 0 Å². The Labute approximate surface area is 145 Å². The van der Waals surface area contributed by atoms with Crippen molar-refractivity contribution in [1.29, 1.82) is 0 Å². The Bertz CT molecular complexity index is 791. The highest BCUT2D eigenvalue weighted by molar-refractivity contribution is 7.98. The van der Waals surface area contributed by atoms with Gasteiger partial charge in [0, 0.05) is 28.7 Å². The molecule has 23 heavy (non-hydrogen) atoms. The standard InChI is InChI=1S/C20H19NS2/c21-18-8-14-7-15(9-18)11-23-13-17-6-5-16(12-22-10-14)19-3-1-2-4-20(17)19/h1-9H,10-13,21H2. The van der Waals surface area contributed by atoms with Crippen molar-refractivity contribution in [2.75, 3.05) is 5.73 Å². The van der Waals surface area contributed by atoms with E-state index in [1.165, 1.54) is 33.0 Å². The maximum absolute atomic E-state index is 6.07. The van der Waals surface area contributed by atoms with Gasteiger partial charge < -0.3 is 5.73 Å². The SMILES string of the molecule is Nc1cc2cc(c1)CSCc1ccc(c3ccccc13)CSC2. The Morgan fingerprint density at radius 3 is 1.70 bits per heavy atom. The lowest BCUT2D eigenvalue weighted by atomic mass is 10.0. The number of hydrogen-bond donors (Lipinski definition) is 1. The summed E-state index contributed by atoms with van der Waals surface area (Å²) in [5.41, 5.74) is 12.5. The van der Waals surface area contributed by atoms with Crippen LogP contribution in [0.25, 0.3) is 10.8 Å².